The van der Waals surface area contributed by atoms with E-state index in [1.807, 2.05) is 18.4 Å². The molecular formula is C20H21Br2NO5S2. The van der Waals surface area contributed by atoms with Crippen molar-refractivity contribution in [1.82, 2.24) is 0 Å². The molecule has 2 N–H and O–H groups in total. The zero-order valence-electron chi connectivity index (χ0n) is 16.1. The number of thiol groups is 1. The van der Waals surface area contributed by atoms with Crippen LogP contribution in [0.2, 0.25) is 0 Å². The SMILES string of the molecule is CSc1ccc(NC(=O)O[C@@H](CCCOC(=O)CS)c2cc(Br)cc(Br)c2O)cc1. The van der Waals surface area contributed by atoms with Gasteiger partial charge >= 0.3 is 12.1 Å². The van der Waals surface area contributed by atoms with Gasteiger partial charge in [0.2, 0.25) is 0 Å². The van der Waals surface area contributed by atoms with Crippen molar-refractivity contribution in [3.05, 3.63) is 50.9 Å². The van der Waals surface area contributed by atoms with Gasteiger partial charge in [-0.2, -0.15) is 12.6 Å². The van der Waals surface area contributed by atoms with Gasteiger partial charge < -0.3 is 14.6 Å². The van der Waals surface area contributed by atoms with Crippen molar-refractivity contribution >= 4 is 74.0 Å². The van der Waals surface area contributed by atoms with Crippen LogP contribution in [0.1, 0.15) is 24.5 Å². The number of carbonyl (C=O) groups is 2. The summed E-state index contributed by atoms with van der Waals surface area (Å²) in [7, 11) is 0. The van der Waals surface area contributed by atoms with Gasteiger partial charge in [-0.3, -0.25) is 10.1 Å². The molecule has 2 rings (SSSR count). The number of ether oxygens (including phenoxy) is 2. The molecule has 2 aromatic carbocycles. The van der Waals surface area contributed by atoms with Crippen molar-refractivity contribution in [3.63, 3.8) is 0 Å². The number of thioether (sulfide) groups is 1. The number of hydrogen-bond donors (Lipinski definition) is 3. The minimum atomic E-state index is -0.751. The van der Waals surface area contributed by atoms with Crippen molar-refractivity contribution in [3.8, 4) is 5.75 Å². The average Bonchev–Trinajstić information content (AvgIpc) is 2.73. The van der Waals surface area contributed by atoms with Crippen LogP contribution in [-0.4, -0.2) is 35.8 Å². The van der Waals surface area contributed by atoms with Crippen molar-refractivity contribution in [2.24, 2.45) is 0 Å². The molecular weight excluding hydrogens is 558 g/mol. The Morgan fingerprint density at radius 2 is 1.93 bits per heavy atom. The third kappa shape index (κ3) is 7.72. The molecule has 0 aliphatic carbocycles. The fourth-order valence-electron chi connectivity index (χ4n) is 2.56. The number of benzene rings is 2. The summed E-state index contributed by atoms with van der Waals surface area (Å²) in [6.45, 7) is 0.160. The fourth-order valence-corrected chi connectivity index (χ4v) is 4.32. The lowest BCUT2D eigenvalue weighted by Gasteiger charge is -2.20. The summed E-state index contributed by atoms with van der Waals surface area (Å²) in [5, 5.41) is 13.1. The number of hydrogen-bond acceptors (Lipinski definition) is 7. The van der Waals surface area contributed by atoms with E-state index in [2.05, 4.69) is 49.8 Å². The fraction of sp³-hybridized carbons (Fsp3) is 0.300. The van der Waals surface area contributed by atoms with E-state index in [0.717, 1.165) is 4.90 Å². The molecule has 0 spiro atoms. The van der Waals surface area contributed by atoms with Gasteiger partial charge in [0.15, 0.2) is 0 Å². The van der Waals surface area contributed by atoms with Crippen LogP contribution in [0, 0.1) is 0 Å². The molecule has 1 amide bonds. The summed E-state index contributed by atoms with van der Waals surface area (Å²) >= 11 is 12.1. The third-order valence-electron chi connectivity index (χ3n) is 3.99. The maximum atomic E-state index is 12.5. The topological polar surface area (TPSA) is 84.9 Å². The van der Waals surface area contributed by atoms with Crippen LogP contribution < -0.4 is 5.32 Å². The Balaban J connectivity index is 2.11. The second-order valence-electron chi connectivity index (χ2n) is 6.09. The zero-order valence-corrected chi connectivity index (χ0v) is 20.9. The Bertz CT molecular complexity index is 880. The van der Waals surface area contributed by atoms with E-state index in [0.29, 0.717) is 33.0 Å². The van der Waals surface area contributed by atoms with Gasteiger partial charge in [-0.05, 0) is 71.4 Å². The van der Waals surface area contributed by atoms with Gasteiger partial charge in [-0.25, -0.2) is 4.79 Å². The van der Waals surface area contributed by atoms with E-state index in [1.165, 1.54) is 0 Å². The molecule has 0 saturated carbocycles. The van der Waals surface area contributed by atoms with Crippen LogP contribution >= 0.6 is 56.3 Å². The molecule has 10 heteroatoms. The number of phenols is 1. The molecule has 0 saturated heterocycles. The Labute approximate surface area is 201 Å². The highest BCUT2D eigenvalue weighted by Crippen LogP contribution is 2.38. The predicted octanol–water partition coefficient (Wildman–Crippen LogP) is 6.18. The molecule has 2 aromatic rings. The molecule has 0 aromatic heterocycles. The van der Waals surface area contributed by atoms with E-state index in [9.17, 15) is 14.7 Å². The molecule has 0 heterocycles. The Morgan fingerprint density at radius 3 is 2.57 bits per heavy atom. The van der Waals surface area contributed by atoms with E-state index >= 15 is 0 Å². The standard InChI is InChI=1S/C20H21Br2NO5S2/c1-30-14-6-4-13(5-7-14)23-20(26)28-17(3-2-8-27-18(24)11-29)15-9-12(21)10-16(22)19(15)25/h4-7,9-10,17,25,29H,2-3,8,11H2,1H3,(H,23,26)/t17-/m0/s1. The summed E-state index contributed by atoms with van der Waals surface area (Å²) in [5.74, 6) is -0.445. The van der Waals surface area contributed by atoms with Crippen molar-refractivity contribution in [1.29, 1.82) is 0 Å². The smallest absolute Gasteiger partial charge is 0.412 e. The minimum Gasteiger partial charge on any atom is -0.506 e. The Morgan fingerprint density at radius 1 is 1.23 bits per heavy atom. The number of anilines is 1. The maximum absolute atomic E-state index is 12.5. The molecule has 6 nitrogen and oxygen atoms in total. The van der Waals surface area contributed by atoms with Crippen molar-refractivity contribution in [2.75, 3.05) is 23.9 Å². The molecule has 0 bridgehead atoms. The average molecular weight is 579 g/mol. The summed E-state index contributed by atoms with van der Waals surface area (Å²) in [4.78, 5) is 24.8. The Kier molecular flexibility index (Phi) is 10.4. The van der Waals surface area contributed by atoms with Gasteiger partial charge in [0.1, 0.15) is 11.9 Å². The van der Waals surface area contributed by atoms with Crippen molar-refractivity contribution < 1.29 is 24.2 Å². The number of nitrogens with one attached hydrogen (secondary N) is 1. The molecule has 0 unspecified atom stereocenters. The highest BCUT2D eigenvalue weighted by Gasteiger charge is 2.22. The number of amides is 1. The lowest BCUT2D eigenvalue weighted by Crippen LogP contribution is -2.18. The van der Waals surface area contributed by atoms with Crippen molar-refractivity contribution in [2.45, 2.75) is 23.8 Å². The zero-order chi connectivity index (χ0) is 22.1. The maximum Gasteiger partial charge on any atom is 0.412 e. The molecule has 0 radical (unpaired) electrons. The van der Waals surface area contributed by atoms with Gasteiger partial charge in [0, 0.05) is 20.6 Å². The van der Waals surface area contributed by atoms with E-state index in [1.54, 1.807) is 36.0 Å². The quantitative estimate of drug-likeness (QED) is 0.142. The lowest BCUT2D eigenvalue weighted by atomic mass is 10.0. The molecule has 0 fully saturated rings. The molecule has 30 heavy (non-hydrogen) atoms. The minimum absolute atomic E-state index is 0.00295. The number of halogens is 2. The van der Waals surface area contributed by atoms with Gasteiger partial charge in [0.25, 0.3) is 0 Å². The number of aromatic hydroxyl groups is 1. The molecule has 162 valence electrons. The van der Waals surface area contributed by atoms with E-state index in [4.69, 9.17) is 9.47 Å². The summed E-state index contributed by atoms with van der Waals surface area (Å²) in [5.41, 5.74) is 1.03. The molecule has 1 atom stereocenters. The number of phenolic OH excluding ortho intramolecular Hbond substituents is 1. The number of rotatable bonds is 9. The normalized spacial score (nSPS) is 11.6. The summed E-state index contributed by atoms with van der Waals surface area (Å²) in [6, 6.07) is 10.7. The van der Waals surface area contributed by atoms with E-state index < -0.39 is 18.2 Å². The number of esters is 1. The molecule has 0 aliphatic heterocycles. The van der Waals surface area contributed by atoms with Crippen LogP contribution in [0.3, 0.4) is 0 Å². The predicted molar refractivity (Wildman–Crippen MR) is 129 cm³/mol. The first-order valence-corrected chi connectivity index (χ1v) is 12.3. The van der Waals surface area contributed by atoms with Crippen LogP contribution in [0.4, 0.5) is 10.5 Å². The van der Waals surface area contributed by atoms with Gasteiger partial charge in [-0.15, -0.1) is 11.8 Å². The summed E-state index contributed by atoms with van der Waals surface area (Å²) in [6.07, 6.45) is 1.34. The second-order valence-corrected chi connectivity index (χ2v) is 9.06. The third-order valence-corrected chi connectivity index (χ3v) is 6.06. The molecule has 0 aliphatic rings. The monoisotopic (exact) mass is 577 g/mol. The summed E-state index contributed by atoms with van der Waals surface area (Å²) < 4.78 is 11.8. The lowest BCUT2D eigenvalue weighted by molar-refractivity contribution is -0.140. The highest BCUT2D eigenvalue weighted by molar-refractivity contribution is 9.11. The second kappa shape index (κ2) is 12.5. The van der Waals surface area contributed by atoms with Gasteiger partial charge in [-0.1, -0.05) is 15.9 Å². The number of carbonyl (C=O) groups excluding carboxylic acids is 2. The van der Waals surface area contributed by atoms with Crippen LogP contribution in [0.5, 0.6) is 5.75 Å². The van der Waals surface area contributed by atoms with Crippen LogP contribution in [0.15, 0.2) is 50.2 Å². The van der Waals surface area contributed by atoms with Gasteiger partial charge in [0.05, 0.1) is 16.8 Å². The first kappa shape index (κ1) is 24.9. The first-order valence-electron chi connectivity index (χ1n) is 8.90. The first-order chi connectivity index (χ1) is 14.3. The Hall–Kier alpha value is -1.36. The largest absolute Gasteiger partial charge is 0.506 e. The van der Waals surface area contributed by atoms with Crippen LogP contribution in [-0.2, 0) is 14.3 Å². The van der Waals surface area contributed by atoms with E-state index in [-0.39, 0.29) is 18.1 Å². The highest BCUT2D eigenvalue weighted by atomic mass is 79.9. The van der Waals surface area contributed by atoms with Crippen LogP contribution in [0.25, 0.3) is 0 Å².